The van der Waals surface area contributed by atoms with Crippen LogP contribution in [0.25, 0.3) is 0 Å². The lowest BCUT2D eigenvalue weighted by molar-refractivity contribution is -0.135. The molecule has 0 saturated carbocycles. The molecule has 0 radical (unpaired) electrons. The number of epoxide rings is 6. The van der Waals surface area contributed by atoms with E-state index in [1.165, 1.54) is 23.1 Å². The van der Waals surface area contributed by atoms with Gasteiger partial charge in [-0.1, -0.05) is 109 Å². The summed E-state index contributed by atoms with van der Waals surface area (Å²) in [6.07, 6.45) is 19.8. The van der Waals surface area contributed by atoms with E-state index >= 15 is 0 Å². The Kier molecular flexibility index (Phi) is 186. The Morgan fingerprint density at radius 2 is 0.653 bits per heavy atom. The highest BCUT2D eigenvalue weighted by molar-refractivity contribution is 5.64. The molecule has 6 saturated heterocycles. The van der Waals surface area contributed by atoms with Crippen LogP contribution in [0.5, 0.6) is 0 Å². The Hall–Kier alpha value is -5.46. The van der Waals surface area contributed by atoms with Crippen molar-refractivity contribution in [1.29, 1.82) is 0 Å². The van der Waals surface area contributed by atoms with E-state index in [1.807, 2.05) is 58.9 Å². The predicted octanol–water partition coefficient (Wildman–Crippen LogP) is 7.74. The van der Waals surface area contributed by atoms with Gasteiger partial charge in [0.25, 0.3) is 35.8 Å². The zero-order valence-electron chi connectivity index (χ0n) is 66.7. The van der Waals surface area contributed by atoms with Crippen molar-refractivity contribution in [1.82, 2.24) is 0 Å². The number of hydrogen-bond donors (Lipinski definition) is 6. The first kappa shape index (κ1) is 165. The molecule has 6 heterocycles. The van der Waals surface area contributed by atoms with Crippen LogP contribution >= 0.6 is 0 Å². The molecule has 0 aromatic rings. The molecule has 0 bridgehead atoms. The highest BCUT2D eigenvalue weighted by Gasteiger charge is 2.44. The van der Waals surface area contributed by atoms with Gasteiger partial charge in [0.1, 0.15) is 0 Å². The second kappa shape index (κ2) is 110. The minimum absolute atomic E-state index is 0. The number of ether oxygens (including phenoxy) is 6. The van der Waals surface area contributed by atoms with Crippen LogP contribution < -0.4 is 0 Å². The summed E-state index contributed by atoms with van der Waals surface area (Å²) in [6.45, 7) is 74.5. The summed E-state index contributed by atoms with van der Waals surface area (Å²) in [7, 11) is 0. The average Bonchev–Trinajstić information content (AvgIpc) is 4.28. The Labute approximate surface area is 592 Å². The van der Waals surface area contributed by atoms with E-state index in [0.29, 0.717) is 48.1 Å². The van der Waals surface area contributed by atoms with E-state index in [2.05, 4.69) is 177 Å². The van der Waals surface area contributed by atoms with Gasteiger partial charge in [-0.25, -0.2) is 0 Å². The molecule has 6 fully saturated rings. The molecule has 0 spiro atoms. The van der Waals surface area contributed by atoms with Gasteiger partial charge >= 0.3 is 0 Å². The second-order valence-corrected chi connectivity index (χ2v) is 21.8. The van der Waals surface area contributed by atoms with E-state index in [9.17, 15) is 0 Å². The molecule has 612 valence electrons. The molecule has 6 aliphatic rings. The second-order valence-electron chi connectivity index (χ2n) is 21.8. The fourth-order valence-corrected chi connectivity index (χ4v) is 2.21. The normalized spacial score (nSPS) is 17.4. The van der Waals surface area contributed by atoms with Crippen molar-refractivity contribution in [3.8, 4) is 0 Å². The summed E-state index contributed by atoms with van der Waals surface area (Å²) in [5.41, 5.74) is 4.72. The van der Waals surface area contributed by atoms with E-state index in [0.717, 1.165) is 86.5 Å². The Bertz CT molecular complexity index is 1560. The van der Waals surface area contributed by atoms with Crippen molar-refractivity contribution in [2.45, 2.75) is 301 Å². The third kappa shape index (κ3) is 308. The zero-order valence-corrected chi connectivity index (χ0v) is 66.7. The van der Waals surface area contributed by atoms with Crippen LogP contribution in [0.4, 0.5) is 0 Å². The zero-order chi connectivity index (χ0) is 71.7. The summed E-state index contributed by atoms with van der Waals surface area (Å²) < 4.78 is 30.0. The molecule has 6 rings (SSSR count). The number of carboxylic acids is 6. The van der Waals surface area contributed by atoms with E-state index < -0.39 is 35.8 Å². The molecular weight excluding hydrogens is 1300 g/mol. The molecule has 0 amide bonds. The lowest BCUT2D eigenvalue weighted by Crippen LogP contribution is -1.98. The average molecular weight is 1460 g/mol. The number of hydrogen-bond acceptors (Lipinski definition) is 12. The third-order valence-corrected chi connectivity index (χ3v) is 10.0. The van der Waals surface area contributed by atoms with E-state index in [-0.39, 0.29) is 76.9 Å². The van der Waals surface area contributed by atoms with Crippen molar-refractivity contribution in [2.24, 2.45) is 11.8 Å². The number of aliphatic carboxylic acids is 6. The lowest BCUT2D eigenvalue weighted by Gasteiger charge is -1.92. The topological polar surface area (TPSA) is 677 Å². The number of allylic oxidation sites excluding steroid dienone is 9. The molecule has 0 aromatic carbocycles. The van der Waals surface area contributed by atoms with Gasteiger partial charge in [0, 0.05) is 41.5 Å². The van der Waals surface area contributed by atoms with E-state index in [1.54, 1.807) is 0 Å². The monoisotopic (exact) mass is 1460 g/mol. The minimum Gasteiger partial charge on any atom is -0.481 e. The van der Waals surface area contributed by atoms with Crippen LogP contribution in [0.1, 0.15) is 247 Å². The molecule has 6 aliphatic heterocycles. The van der Waals surface area contributed by atoms with Crippen LogP contribution in [-0.4, -0.2) is 205 Å². The van der Waals surface area contributed by atoms with Gasteiger partial charge in [-0.2, -0.15) is 0 Å². The summed E-state index contributed by atoms with van der Waals surface area (Å²) >= 11 is 0. The maximum atomic E-state index is 9.00. The SMILES string of the molecule is C=C(C)CC.C=CC(C)C.C=CCC.CC(=O)O.CC(=O)O.CC(=O)O.CC(=O)O.CC(=O)O.CC(=O)O.CC(C)C1CO1.CC1OC1(C)C.CC1OC1(C)C.CC1OC1C.CC=C(C)C.CC=C(C)C.CC=CC.CCC1(C)CO1.CCC1CO1.O.O.O.O.O.O.O.O.O.O.O.O. The van der Waals surface area contributed by atoms with Crippen LogP contribution in [0.3, 0.4) is 0 Å². The van der Waals surface area contributed by atoms with Gasteiger partial charge in [0.2, 0.25) is 0 Å². The Morgan fingerprint density at radius 1 is 0.490 bits per heavy atom. The first-order valence-electron chi connectivity index (χ1n) is 29.6. The Balaban J connectivity index is -0.0000000268. The molecule has 98 heavy (non-hydrogen) atoms. The highest BCUT2D eigenvalue weighted by Crippen LogP contribution is 2.34. The highest BCUT2D eigenvalue weighted by atomic mass is 16.6. The van der Waals surface area contributed by atoms with Gasteiger partial charge in [-0.15, -0.1) is 19.7 Å². The first-order chi connectivity index (χ1) is 38.9. The van der Waals surface area contributed by atoms with Crippen molar-refractivity contribution in [3.63, 3.8) is 0 Å². The summed E-state index contributed by atoms with van der Waals surface area (Å²) in [5, 5.41) is 44.5. The molecule has 30 nitrogen and oxygen atoms in total. The summed E-state index contributed by atoms with van der Waals surface area (Å²) in [5.74, 6) is -3.61. The standard InChI is InChI=1S/4C5H10O.4C5H10.2C4H8O.2C4H8.6C2H4O2.12H2O/c2*1-4-5(2,3)6-4;1-4(2)5-3-6-5;1-3-5(2)4-6-5;4*1-4-5(2)3;1-3-4(2)5-3;1-2-4-3-5-4;2*1-3-4-2;6*1-2(3)4;;;;;;;;;;;;/h2*4H,1-3H3;4-5H,3H2,1-2H3;3-4H2,1-2H3;2*4H,1-3H3;2,4H2,1,3H3;4-5H,1H2,2-3H3;3-4H,1-2H3;4H,2-3H2,1H3;3-4H,1-2H3;3H,1,4H2,2H3;6*1H3,(H,3,4);12*1H2. The van der Waals surface area contributed by atoms with Crippen molar-refractivity contribution in [2.75, 3.05) is 19.8 Å². The lowest BCUT2D eigenvalue weighted by atomic mass is 10.1. The maximum Gasteiger partial charge on any atom is 0.300 e. The molecule has 7 atom stereocenters. The minimum atomic E-state index is -0.833. The molecule has 0 aromatic heterocycles. The molecule has 0 aliphatic carbocycles. The van der Waals surface area contributed by atoms with Crippen molar-refractivity contribution >= 4 is 35.8 Å². The van der Waals surface area contributed by atoms with Crippen molar-refractivity contribution < 1.29 is 154 Å². The number of carboxylic acid groups (broad SMARTS) is 6. The van der Waals surface area contributed by atoms with Gasteiger partial charge in [0.15, 0.2) is 0 Å². The van der Waals surface area contributed by atoms with Crippen molar-refractivity contribution in [3.05, 3.63) is 72.9 Å². The summed E-state index contributed by atoms with van der Waals surface area (Å²) in [4.78, 5) is 54.0. The van der Waals surface area contributed by atoms with Gasteiger partial charge in [-0.3, -0.25) is 28.8 Å². The number of rotatable bonds is 6. The molecule has 30 N–H and O–H groups in total. The van der Waals surface area contributed by atoms with Gasteiger partial charge in [0.05, 0.1) is 73.2 Å². The van der Waals surface area contributed by atoms with Gasteiger partial charge < -0.3 is 125 Å². The fourth-order valence-electron chi connectivity index (χ4n) is 2.21. The largest absolute Gasteiger partial charge is 0.481 e. The smallest absolute Gasteiger partial charge is 0.300 e. The van der Waals surface area contributed by atoms with Gasteiger partial charge in [-0.05, 0) is 162 Å². The quantitative estimate of drug-likeness (QED) is 0.109. The Morgan fingerprint density at radius 3 is 0.653 bits per heavy atom. The molecule has 30 heteroatoms. The van der Waals surface area contributed by atoms with Crippen LogP contribution in [-0.2, 0) is 57.2 Å². The fraction of sp³-hybridized carbons (Fsp3) is 0.735. The van der Waals surface area contributed by atoms with Crippen LogP contribution in [0, 0.1) is 11.8 Å². The van der Waals surface area contributed by atoms with E-state index in [4.69, 9.17) is 87.8 Å². The number of carbonyl (C=O) groups is 6. The van der Waals surface area contributed by atoms with Crippen LogP contribution in [0.2, 0.25) is 0 Å². The predicted molar refractivity (Wildman–Crippen MR) is 403 cm³/mol. The molecular formula is C68H160O30. The first-order valence-corrected chi connectivity index (χ1v) is 29.6. The summed E-state index contributed by atoms with van der Waals surface area (Å²) in [6, 6.07) is 0. The third-order valence-electron chi connectivity index (χ3n) is 10.0. The maximum absolute atomic E-state index is 9.00. The molecule has 7 unspecified atom stereocenters. The van der Waals surface area contributed by atoms with Crippen LogP contribution in [0.15, 0.2) is 72.9 Å².